The monoisotopic (exact) mass is 197 g/mol. The van der Waals surface area contributed by atoms with Crippen LogP contribution < -0.4 is 16.4 Å². The highest BCUT2D eigenvalue weighted by molar-refractivity contribution is 6.32. The number of fused-ring (bicyclic) bond motifs is 1. The minimum atomic E-state index is -0.637. The van der Waals surface area contributed by atoms with E-state index in [1.54, 1.807) is 0 Å². The molecule has 0 aromatic heterocycles. The fraction of sp³-hybridized carbons (Fsp3) is 0. The third-order valence-corrected chi connectivity index (χ3v) is 2.01. The van der Waals surface area contributed by atoms with Crippen molar-refractivity contribution >= 4 is 23.3 Å². The number of halogens is 1. The molecule has 0 aliphatic carbocycles. The largest absolute Gasteiger partial charge is 0.504 e. The van der Waals surface area contributed by atoms with Crippen molar-refractivity contribution in [2.45, 2.75) is 0 Å². The number of aromatic hydroxyl groups is 1. The second kappa shape index (κ2) is 2.43. The van der Waals surface area contributed by atoms with Gasteiger partial charge in [-0.15, -0.1) is 0 Å². The highest BCUT2D eigenvalue weighted by atomic mass is 35.5. The summed E-state index contributed by atoms with van der Waals surface area (Å²) in [5, 5.41) is 9.73. The number of nitrogens with two attached hydrogens (primary N) is 1. The van der Waals surface area contributed by atoms with Gasteiger partial charge in [-0.25, -0.2) is 4.79 Å². The number of benzene rings is 1. The van der Waals surface area contributed by atoms with Crippen LogP contribution in [0.25, 0.3) is 0 Å². The standard InChI is InChI=1S/C7H4ClN3O2/c8-4-5-3(10-7(13)11-5)1-2(9)6(4)12/h1,12H,9H2. The molecule has 1 aliphatic rings. The van der Waals surface area contributed by atoms with Crippen molar-refractivity contribution in [1.82, 2.24) is 0 Å². The summed E-state index contributed by atoms with van der Waals surface area (Å²) in [5.74, 6) is -0.269. The molecule has 1 aromatic rings. The second-order valence-electron chi connectivity index (χ2n) is 2.50. The number of phenolic OH excluding ortho intramolecular Hbond substituents is 1. The van der Waals surface area contributed by atoms with Gasteiger partial charge in [0.25, 0.3) is 0 Å². The molecular formula is C7H4ClN3O2. The lowest BCUT2D eigenvalue weighted by atomic mass is 10.3. The number of carbonyl (C=O) groups excluding carboxylic acids is 1. The van der Waals surface area contributed by atoms with Crippen molar-refractivity contribution in [2.75, 3.05) is 5.73 Å². The molecule has 0 fully saturated rings. The summed E-state index contributed by atoms with van der Waals surface area (Å²) in [7, 11) is 0. The Bertz CT molecular complexity index is 524. The second-order valence-corrected chi connectivity index (χ2v) is 2.88. The number of hydrogen-bond acceptors (Lipinski definition) is 3. The van der Waals surface area contributed by atoms with Crippen LogP contribution in [0.2, 0.25) is 5.02 Å². The summed E-state index contributed by atoms with van der Waals surface area (Å²) < 4.78 is 0. The highest BCUT2D eigenvalue weighted by Crippen LogP contribution is 2.24. The van der Waals surface area contributed by atoms with Gasteiger partial charge in [-0.2, -0.15) is 9.98 Å². The first kappa shape index (κ1) is 8.00. The normalized spacial score (nSPS) is 13.5. The molecule has 13 heavy (non-hydrogen) atoms. The van der Waals surface area contributed by atoms with E-state index in [0.717, 1.165) is 0 Å². The van der Waals surface area contributed by atoms with Crippen molar-refractivity contribution in [3.05, 3.63) is 21.8 Å². The quantitative estimate of drug-likeness (QED) is 0.453. The Morgan fingerprint density at radius 2 is 2.15 bits per heavy atom. The van der Waals surface area contributed by atoms with Gasteiger partial charge in [-0.3, -0.25) is 0 Å². The molecule has 0 radical (unpaired) electrons. The summed E-state index contributed by atoms with van der Waals surface area (Å²) >= 11 is 5.67. The predicted molar refractivity (Wildman–Crippen MR) is 45.2 cm³/mol. The summed E-state index contributed by atoms with van der Waals surface area (Å²) in [6.07, 6.45) is 0. The highest BCUT2D eigenvalue weighted by Gasteiger charge is 2.13. The summed E-state index contributed by atoms with van der Waals surface area (Å²) in [4.78, 5) is 17.8. The fourth-order valence-electron chi connectivity index (χ4n) is 1.05. The number of anilines is 1. The van der Waals surface area contributed by atoms with Crippen molar-refractivity contribution in [2.24, 2.45) is 9.98 Å². The molecule has 66 valence electrons. The molecule has 0 saturated heterocycles. The molecule has 1 aliphatic heterocycles. The van der Waals surface area contributed by atoms with Crippen LogP contribution in [-0.4, -0.2) is 11.1 Å². The number of nitrogen functional groups attached to an aromatic ring is 1. The van der Waals surface area contributed by atoms with E-state index in [9.17, 15) is 9.90 Å². The lowest BCUT2D eigenvalue weighted by Gasteiger charge is -1.98. The first-order chi connectivity index (χ1) is 6.09. The lowest BCUT2D eigenvalue weighted by Crippen LogP contribution is -2.23. The average Bonchev–Trinajstić information content (AvgIpc) is 2.42. The van der Waals surface area contributed by atoms with E-state index in [4.69, 9.17) is 17.3 Å². The SMILES string of the molecule is Nc1cc2c(c(Cl)c1O)=NC(=O)N=2. The minimum Gasteiger partial charge on any atom is -0.504 e. The van der Waals surface area contributed by atoms with Crippen molar-refractivity contribution in [1.29, 1.82) is 0 Å². The molecule has 0 bridgehead atoms. The molecular weight excluding hydrogens is 194 g/mol. The molecule has 2 rings (SSSR count). The number of nitrogens with zero attached hydrogens (tertiary/aromatic N) is 2. The van der Waals surface area contributed by atoms with Crippen LogP contribution in [0.5, 0.6) is 5.75 Å². The zero-order chi connectivity index (χ0) is 9.59. The zero-order valence-electron chi connectivity index (χ0n) is 6.28. The molecule has 0 saturated carbocycles. The third-order valence-electron chi connectivity index (χ3n) is 1.65. The van der Waals surface area contributed by atoms with Crippen LogP contribution in [0.1, 0.15) is 0 Å². The topological polar surface area (TPSA) is 88.0 Å². The van der Waals surface area contributed by atoms with E-state index in [1.807, 2.05) is 0 Å². The van der Waals surface area contributed by atoms with Crippen molar-refractivity contribution < 1.29 is 9.90 Å². The van der Waals surface area contributed by atoms with Gasteiger partial charge in [0.1, 0.15) is 10.4 Å². The zero-order valence-corrected chi connectivity index (χ0v) is 7.04. The Morgan fingerprint density at radius 1 is 1.46 bits per heavy atom. The van der Waals surface area contributed by atoms with Crippen LogP contribution in [-0.2, 0) is 0 Å². The molecule has 6 heteroatoms. The molecule has 3 N–H and O–H groups in total. The molecule has 0 unspecified atom stereocenters. The lowest BCUT2D eigenvalue weighted by molar-refractivity contribution is 0.256. The molecule has 1 heterocycles. The maximum atomic E-state index is 10.8. The van der Waals surface area contributed by atoms with E-state index in [1.165, 1.54) is 6.07 Å². The number of amides is 2. The van der Waals surface area contributed by atoms with E-state index in [0.29, 0.717) is 5.36 Å². The summed E-state index contributed by atoms with van der Waals surface area (Å²) in [6, 6.07) is 0.715. The number of urea groups is 1. The molecule has 0 spiro atoms. The first-order valence-corrected chi connectivity index (χ1v) is 3.76. The third kappa shape index (κ3) is 1.05. The van der Waals surface area contributed by atoms with Crippen LogP contribution in [0.15, 0.2) is 16.1 Å². The number of rotatable bonds is 0. The smallest absolute Gasteiger partial charge is 0.368 e. The Hall–Kier alpha value is -1.62. The Kier molecular flexibility index (Phi) is 1.50. The summed E-state index contributed by atoms with van der Waals surface area (Å²) in [5.41, 5.74) is 5.47. The van der Waals surface area contributed by atoms with E-state index in [-0.39, 0.29) is 21.8 Å². The van der Waals surface area contributed by atoms with Crippen molar-refractivity contribution in [3.63, 3.8) is 0 Å². The number of carbonyl (C=O) groups is 1. The average molecular weight is 198 g/mol. The van der Waals surface area contributed by atoms with Crippen LogP contribution >= 0.6 is 11.6 Å². The van der Waals surface area contributed by atoms with E-state index >= 15 is 0 Å². The molecule has 0 atom stereocenters. The molecule has 1 aromatic carbocycles. The first-order valence-electron chi connectivity index (χ1n) is 3.38. The Balaban J connectivity index is 2.98. The summed E-state index contributed by atoms with van der Waals surface area (Å²) in [6.45, 7) is 0. The van der Waals surface area contributed by atoms with Gasteiger partial charge in [0.05, 0.1) is 11.0 Å². The van der Waals surface area contributed by atoms with Gasteiger partial charge in [-0.05, 0) is 6.07 Å². The maximum absolute atomic E-state index is 10.8. The predicted octanol–water partition coefficient (Wildman–Crippen LogP) is 0.000600. The molecule has 5 nitrogen and oxygen atoms in total. The van der Waals surface area contributed by atoms with Crippen molar-refractivity contribution in [3.8, 4) is 5.75 Å². The minimum absolute atomic E-state index is 0.0374. The van der Waals surface area contributed by atoms with Crippen LogP contribution in [0.3, 0.4) is 0 Å². The number of hydrogen-bond donors (Lipinski definition) is 2. The van der Waals surface area contributed by atoms with Gasteiger partial charge < -0.3 is 10.8 Å². The van der Waals surface area contributed by atoms with E-state index < -0.39 is 6.03 Å². The Labute approximate surface area is 77.2 Å². The Morgan fingerprint density at radius 3 is 2.85 bits per heavy atom. The molecule has 2 amide bonds. The van der Waals surface area contributed by atoms with Gasteiger partial charge >= 0.3 is 6.03 Å². The number of phenols is 1. The van der Waals surface area contributed by atoms with Gasteiger partial charge in [0.2, 0.25) is 0 Å². The van der Waals surface area contributed by atoms with Crippen LogP contribution in [0, 0.1) is 0 Å². The fourth-order valence-corrected chi connectivity index (χ4v) is 1.30. The van der Waals surface area contributed by atoms with Gasteiger partial charge in [0, 0.05) is 0 Å². The maximum Gasteiger partial charge on any atom is 0.368 e. The van der Waals surface area contributed by atoms with Gasteiger partial charge in [0.15, 0.2) is 5.75 Å². The van der Waals surface area contributed by atoms with Crippen LogP contribution in [0.4, 0.5) is 10.5 Å². The van der Waals surface area contributed by atoms with E-state index in [2.05, 4.69) is 9.98 Å². The van der Waals surface area contributed by atoms with Gasteiger partial charge in [-0.1, -0.05) is 11.6 Å².